The van der Waals surface area contributed by atoms with E-state index in [4.69, 9.17) is 10.7 Å². The van der Waals surface area contributed by atoms with Gasteiger partial charge in [-0.15, -0.1) is 0 Å². The molecule has 0 aliphatic carbocycles. The number of carbonyl (C=O) groups is 1. The maximum Gasteiger partial charge on any atom is 0.262 e. The minimum Gasteiger partial charge on any atom is -0.342 e. The predicted molar refractivity (Wildman–Crippen MR) is 74.6 cm³/mol. The van der Waals surface area contributed by atoms with Crippen LogP contribution in [0.15, 0.2) is 21.5 Å². The van der Waals surface area contributed by atoms with Crippen LogP contribution < -0.4 is 0 Å². The van der Waals surface area contributed by atoms with Gasteiger partial charge >= 0.3 is 0 Å². The quantitative estimate of drug-likeness (QED) is 0.784. The summed E-state index contributed by atoms with van der Waals surface area (Å²) in [4.78, 5) is 13.4. The van der Waals surface area contributed by atoms with Crippen LogP contribution in [0.1, 0.15) is 22.8 Å². The van der Waals surface area contributed by atoms with Crippen molar-refractivity contribution in [1.29, 1.82) is 0 Å². The smallest absolute Gasteiger partial charge is 0.262 e. The number of benzene rings is 1. The van der Waals surface area contributed by atoms with E-state index in [0.29, 0.717) is 22.1 Å². The largest absolute Gasteiger partial charge is 0.342 e. The summed E-state index contributed by atoms with van der Waals surface area (Å²) in [6, 6.07) is 2.91. The molecule has 4 nitrogen and oxygen atoms in total. The Kier molecular flexibility index (Phi) is 4.80. The molecule has 0 N–H and O–H groups in total. The number of nitrogens with zero attached hydrogens (tertiary/aromatic N) is 1. The van der Waals surface area contributed by atoms with Crippen molar-refractivity contribution in [3.05, 3.63) is 27.7 Å². The zero-order valence-electron chi connectivity index (χ0n) is 10.2. The summed E-state index contributed by atoms with van der Waals surface area (Å²) in [5.41, 5.74) is 0.948. The molecule has 0 radical (unpaired) electrons. The zero-order chi connectivity index (χ0) is 14.1. The van der Waals surface area contributed by atoms with Gasteiger partial charge in [0.05, 0.1) is 4.90 Å². The molecule has 0 aliphatic heterocycles. The van der Waals surface area contributed by atoms with Gasteiger partial charge in [0.15, 0.2) is 0 Å². The predicted octanol–water partition coefficient (Wildman–Crippen LogP) is 2.78. The molecule has 0 aliphatic rings. The first kappa shape index (κ1) is 15.5. The molecule has 0 fully saturated rings. The van der Waals surface area contributed by atoms with Crippen LogP contribution in [-0.4, -0.2) is 32.8 Å². The third-order valence-corrected chi connectivity index (χ3v) is 5.21. The third kappa shape index (κ3) is 3.24. The van der Waals surface area contributed by atoms with Gasteiger partial charge in [-0.2, -0.15) is 0 Å². The van der Waals surface area contributed by atoms with Crippen LogP contribution in [0.3, 0.4) is 0 Å². The van der Waals surface area contributed by atoms with Crippen molar-refractivity contribution in [2.24, 2.45) is 0 Å². The summed E-state index contributed by atoms with van der Waals surface area (Å²) in [5.74, 6) is -0.241. The molecule has 0 unspecified atom stereocenters. The van der Waals surface area contributed by atoms with E-state index >= 15 is 0 Å². The molecule has 0 heterocycles. The van der Waals surface area contributed by atoms with Gasteiger partial charge in [0, 0.05) is 34.3 Å². The van der Waals surface area contributed by atoms with Crippen LogP contribution in [0.5, 0.6) is 0 Å². The van der Waals surface area contributed by atoms with Crippen molar-refractivity contribution in [1.82, 2.24) is 4.90 Å². The van der Waals surface area contributed by atoms with Crippen LogP contribution >= 0.6 is 26.6 Å². The summed E-state index contributed by atoms with van der Waals surface area (Å²) in [7, 11) is 3.10. The fraction of sp³-hybridized carbons (Fsp3) is 0.364. The fourth-order valence-corrected chi connectivity index (χ4v) is 3.56. The number of halogens is 2. The topological polar surface area (TPSA) is 54.5 Å². The lowest BCUT2D eigenvalue weighted by molar-refractivity contribution is 0.0802. The van der Waals surface area contributed by atoms with Crippen molar-refractivity contribution in [2.45, 2.75) is 18.7 Å². The number of carbonyl (C=O) groups excluding carboxylic acids is 1. The van der Waals surface area contributed by atoms with Gasteiger partial charge in [-0.25, -0.2) is 8.42 Å². The molecule has 7 heteroatoms. The highest BCUT2D eigenvalue weighted by Gasteiger charge is 2.20. The lowest BCUT2D eigenvalue weighted by Gasteiger charge is -2.16. The Hall–Kier alpha value is -0.590. The molecule has 1 amide bonds. The molecular weight excluding hydrogens is 342 g/mol. The van der Waals surface area contributed by atoms with Crippen molar-refractivity contribution in [3.8, 4) is 0 Å². The van der Waals surface area contributed by atoms with Crippen molar-refractivity contribution >= 4 is 41.6 Å². The second-order valence-corrected chi connectivity index (χ2v) is 7.19. The SMILES string of the molecule is CCN(C)C(=O)c1cc(C)c(Br)c(S(=O)(=O)Cl)c1. The molecule has 0 saturated carbocycles. The van der Waals surface area contributed by atoms with E-state index in [0.717, 1.165) is 0 Å². The summed E-state index contributed by atoms with van der Waals surface area (Å²) in [6.07, 6.45) is 0. The van der Waals surface area contributed by atoms with E-state index in [1.165, 1.54) is 11.0 Å². The Morgan fingerprint density at radius 2 is 2.00 bits per heavy atom. The Morgan fingerprint density at radius 1 is 1.44 bits per heavy atom. The van der Waals surface area contributed by atoms with Gasteiger partial charge in [0.25, 0.3) is 15.0 Å². The number of hydrogen-bond acceptors (Lipinski definition) is 3. The van der Waals surface area contributed by atoms with Gasteiger partial charge in [-0.05, 0) is 47.5 Å². The minimum atomic E-state index is -3.89. The molecule has 0 spiro atoms. The maximum atomic E-state index is 12.0. The molecule has 1 rings (SSSR count). The highest BCUT2D eigenvalue weighted by molar-refractivity contribution is 9.10. The van der Waals surface area contributed by atoms with Gasteiger partial charge in [0.1, 0.15) is 0 Å². The highest BCUT2D eigenvalue weighted by Crippen LogP contribution is 2.30. The zero-order valence-corrected chi connectivity index (χ0v) is 13.4. The standard InChI is InChI=1S/C11H13BrClNO3S/c1-4-14(3)11(15)8-5-7(2)10(12)9(6-8)18(13,16)17/h5-6H,4H2,1-3H3. The number of amides is 1. The lowest BCUT2D eigenvalue weighted by atomic mass is 10.1. The first-order chi connectivity index (χ1) is 8.18. The number of hydrogen-bond donors (Lipinski definition) is 0. The molecule has 18 heavy (non-hydrogen) atoms. The Balaban J connectivity index is 3.43. The fourth-order valence-electron chi connectivity index (χ4n) is 1.40. The Morgan fingerprint density at radius 3 is 2.44 bits per heavy atom. The van der Waals surface area contributed by atoms with E-state index in [-0.39, 0.29) is 10.8 Å². The second-order valence-electron chi connectivity index (χ2n) is 3.86. The highest BCUT2D eigenvalue weighted by atomic mass is 79.9. The van der Waals surface area contributed by atoms with E-state index in [9.17, 15) is 13.2 Å². The molecule has 100 valence electrons. The van der Waals surface area contributed by atoms with Crippen LogP contribution in [0.4, 0.5) is 0 Å². The molecule has 1 aromatic carbocycles. The molecule has 0 atom stereocenters. The first-order valence-electron chi connectivity index (χ1n) is 5.18. The lowest BCUT2D eigenvalue weighted by Crippen LogP contribution is -2.26. The van der Waals surface area contributed by atoms with E-state index in [1.807, 2.05) is 6.92 Å². The first-order valence-corrected chi connectivity index (χ1v) is 8.29. The average molecular weight is 355 g/mol. The Bertz CT molecular complexity index is 586. The van der Waals surface area contributed by atoms with Crippen LogP contribution in [-0.2, 0) is 9.05 Å². The van der Waals surface area contributed by atoms with E-state index in [2.05, 4.69) is 15.9 Å². The minimum absolute atomic E-state index is 0.0861. The Labute approximate surface area is 119 Å². The molecule has 0 bridgehead atoms. The van der Waals surface area contributed by atoms with E-state index in [1.54, 1.807) is 20.0 Å². The molecular formula is C11H13BrClNO3S. The van der Waals surface area contributed by atoms with Crippen LogP contribution in [0.2, 0.25) is 0 Å². The van der Waals surface area contributed by atoms with Crippen molar-refractivity contribution in [2.75, 3.05) is 13.6 Å². The molecule has 1 aromatic rings. The van der Waals surface area contributed by atoms with Gasteiger partial charge in [-0.3, -0.25) is 4.79 Å². The van der Waals surface area contributed by atoms with Crippen molar-refractivity contribution in [3.63, 3.8) is 0 Å². The number of rotatable bonds is 3. The summed E-state index contributed by atoms with van der Waals surface area (Å²) in [5, 5.41) is 0. The van der Waals surface area contributed by atoms with Gasteiger partial charge < -0.3 is 4.90 Å². The maximum absolute atomic E-state index is 12.0. The summed E-state index contributed by atoms with van der Waals surface area (Å²) >= 11 is 3.16. The normalized spacial score (nSPS) is 11.4. The molecule has 0 aromatic heterocycles. The monoisotopic (exact) mass is 353 g/mol. The van der Waals surface area contributed by atoms with Crippen LogP contribution in [0.25, 0.3) is 0 Å². The summed E-state index contributed by atoms with van der Waals surface area (Å²) in [6.45, 7) is 4.08. The second kappa shape index (κ2) is 5.59. The van der Waals surface area contributed by atoms with Crippen LogP contribution in [0, 0.1) is 6.92 Å². The number of aryl methyl sites for hydroxylation is 1. The third-order valence-electron chi connectivity index (χ3n) is 2.55. The average Bonchev–Trinajstić information content (AvgIpc) is 2.28. The van der Waals surface area contributed by atoms with E-state index < -0.39 is 9.05 Å². The summed E-state index contributed by atoms with van der Waals surface area (Å²) < 4.78 is 23.2. The van der Waals surface area contributed by atoms with Gasteiger partial charge in [-0.1, -0.05) is 0 Å². The van der Waals surface area contributed by atoms with Gasteiger partial charge in [0.2, 0.25) is 0 Å². The molecule has 0 saturated heterocycles. The van der Waals surface area contributed by atoms with Crippen molar-refractivity contribution < 1.29 is 13.2 Å².